The average molecular weight is 342 g/mol. The third-order valence-corrected chi connectivity index (χ3v) is 3.75. The van der Waals surface area contributed by atoms with E-state index in [9.17, 15) is 19.3 Å². The molecule has 1 amide bonds. The largest absolute Gasteiger partial charge is 0.527 e. The maximum absolute atomic E-state index is 12.2. The zero-order chi connectivity index (χ0) is 17.2. The van der Waals surface area contributed by atoms with Crippen molar-refractivity contribution in [1.82, 2.24) is 4.90 Å². The van der Waals surface area contributed by atoms with Crippen LogP contribution < -0.4 is 0 Å². The number of hydrogen-bond acceptors (Lipinski definition) is 4. The Labute approximate surface area is 135 Å². The first-order valence-corrected chi connectivity index (χ1v) is 8.69. The second kappa shape index (κ2) is 9.92. The van der Waals surface area contributed by atoms with Crippen molar-refractivity contribution in [3.05, 3.63) is 35.9 Å². The highest BCUT2D eigenvalue weighted by molar-refractivity contribution is 7.37. The van der Waals surface area contributed by atoms with Crippen LogP contribution in [-0.2, 0) is 20.7 Å². The van der Waals surface area contributed by atoms with Gasteiger partial charge in [-0.2, -0.15) is 4.89 Å². The molecular weight excluding hydrogens is 321 g/mol. The molecule has 1 rings (SSSR count). The summed E-state index contributed by atoms with van der Waals surface area (Å²) in [5, 5.41) is 9.29. The summed E-state index contributed by atoms with van der Waals surface area (Å²) in [7, 11) is -2.70. The Morgan fingerprint density at radius 3 is 2.48 bits per heavy atom. The summed E-state index contributed by atoms with van der Waals surface area (Å²) in [5.41, 5.74) is 0.745. The number of carbonyl (C=O) groups excluding carboxylic acids is 1. The van der Waals surface area contributed by atoms with E-state index < -0.39 is 32.4 Å². The molecule has 2 atom stereocenters. The fraction of sp³-hybridized carbons (Fsp3) is 0.467. The number of carbonyl (C=O) groups is 2. The average Bonchev–Trinajstić information content (AvgIpc) is 2.52. The van der Waals surface area contributed by atoms with Crippen LogP contribution in [0.3, 0.4) is 0 Å². The van der Waals surface area contributed by atoms with Gasteiger partial charge in [0, 0.05) is 0 Å². The van der Waals surface area contributed by atoms with Crippen LogP contribution in [0.2, 0.25) is 0 Å². The summed E-state index contributed by atoms with van der Waals surface area (Å²) >= 11 is 0. The van der Waals surface area contributed by atoms with Crippen molar-refractivity contribution >= 4 is 20.1 Å². The molecule has 126 valence electrons. The summed E-state index contributed by atoms with van der Waals surface area (Å²) in [6, 6.07) is 7.73. The van der Waals surface area contributed by atoms with E-state index in [1.165, 1.54) is 0 Å². The molecule has 1 aromatic carbocycles. The molecule has 0 fully saturated rings. The molecule has 1 aromatic rings. The summed E-state index contributed by atoms with van der Waals surface area (Å²) in [5.74, 6) is -1.22. The molecule has 0 radical (unpaired) electrons. The lowest BCUT2D eigenvalue weighted by atomic mass is 10.1. The normalized spacial score (nSPS) is 12.3. The van der Waals surface area contributed by atoms with E-state index in [0.717, 1.165) is 16.9 Å². The van der Waals surface area contributed by atoms with Crippen molar-refractivity contribution in [3.63, 3.8) is 0 Å². The van der Waals surface area contributed by atoms with Crippen LogP contribution in [0.1, 0.15) is 31.7 Å². The number of ether oxygens (including phenoxy) is 1. The van der Waals surface area contributed by atoms with Gasteiger partial charge in [0.05, 0.1) is 0 Å². The number of rotatable bonds is 9. The fourth-order valence-electron chi connectivity index (χ4n) is 2.03. The summed E-state index contributed by atoms with van der Waals surface area (Å²) in [6.45, 7) is 1.86. The third-order valence-electron chi connectivity index (χ3n) is 3.21. The van der Waals surface area contributed by atoms with Gasteiger partial charge in [-0.15, -0.1) is 0 Å². The molecular formula is C15H21NO6P+. The van der Waals surface area contributed by atoms with Crippen LogP contribution in [0, 0.1) is 0 Å². The Hall–Kier alpha value is -1.98. The number of carboxylic acid groups (broad SMARTS) is 1. The van der Waals surface area contributed by atoms with Gasteiger partial charge in [-0.05, 0) is 16.5 Å². The number of aliphatic carboxylic acids is 1. The number of carboxylic acids is 1. The van der Waals surface area contributed by atoms with E-state index in [0.29, 0.717) is 6.42 Å². The van der Waals surface area contributed by atoms with Gasteiger partial charge >= 0.3 is 20.1 Å². The molecule has 0 aliphatic carbocycles. The topological polar surface area (TPSA) is 104 Å². The highest BCUT2D eigenvalue weighted by Gasteiger charge is 2.35. The molecule has 8 heteroatoms. The van der Waals surface area contributed by atoms with Gasteiger partial charge in [0.2, 0.25) is 0 Å². The second-order valence-corrected chi connectivity index (χ2v) is 5.99. The second-order valence-electron chi connectivity index (χ2n) is 5.00. The Morgan fingerprint density at radius 2 is 1.96 bits per heavy atom. The van der Waals surface area contributed by atoms with Gasteiger partial charge in [0.1, 0.15) is 12.6 Å². The molecule has 23 heavy (non-hydrogen) atoms. The maximum atomic E-state index is 12.2. The Balaban J connectivity index is 2.79. The van der Waals surface area contributed by atoms with Gasteiger partial charge in [-0.3, -0.25) is 0 Å². The van der Waals surface area contributed by atoms with Crippen LogP contribution in [0.5, 0.6) is 0 Å². The molecule has 2 unspecified atom stereocenters. The van der Waals surface area contributed by atoms with Crippen molar-refractivity contribution in [3.8, 4) is 0 Å². The Morgan fingerprint density at radius 1 is 1.30 bits per heavy atom. The first-order chi connectivity index (χ1) is 11.0. The summed E-state index contributed by atoms with van der Waals surface area (Å²) in [6.07, 6.45) is 0.0672. The van der Waals surface area contributed by atoms with E-state index in [2.05, 4.69) is 0 Å². The number of amides is 1. The highest BCUT2D eigenvalue weighted by atomic mass is 31.1. The van der Waals surface area contributed by atoms with Gasteiger partial charge in [0.15, 0.2) is 0 Å². The fourth-order valence-corrected chi connectivity index (χ4v) is 2.60. The van der Waals surface area contributed by atoms with Crippen molar-refractivity contribution < 1.29 is 28.9 Å². The molecule has 0 aliphatic rings. The minimum Gasteiger partial charge on any atom is -0.480 e. The lowest BCUT2D eigenvalue weighted by Crippen LogP contribution is -2.45. The number of nitrogens with zero attached hydrogens (tertiary/aromatic N) is 1. The molecule has 0 saturated heterocycles. The molecule has 0 saturated carbocycles. The van der Waals surface area contributed by atoms with Crippen LogP contribution >= 0.6 is 8.03 Å². The number of unbranched alkanes of at least 4 members (excludes halogenated alkanes) is 1. The van der Waals surface area contributed by atoms with Gasteiger partial charge in [-0.1, -0.05) is 50.1 Å². The predicted octanol–water partition coefficient (Wildman–Crippen LogP) is 2.96. The SMILES string of the molecule is CCCCC(C(=O)O)N(C[P+](=O)O)C(=O)OCc1ccccc1. The predicted molar refractivity (Wildman–Crippen MR) is 84.1 cm³/mol. The minimum absolute atomic E-state index is 0.0293. The molecule has 2 N–H and O–H groups in total. The quantitative estimate of drug-likeness (QED) is 0.669. The van der Waals surface area contributed by atoms with Crippen molar-refractivity contribution in [2.75, 3.05) is 6.29 Å². The van der Waals surface area contributed by atoms with Crippen molar-refractivity contribution in [1.29, 1.82) is 0 Å². The molecule has 0 heterocycles. The number of hydrogen-bond donors (Lipinski definition) is 2. The Kier molecular flexibility index (Phi) is 8.22. The van der Waals surface area contributed by atoms with Gasteiger partial charge < -0.3 is 9.84 Å². The first kappa shape index (κ1) is 19.1. The standard InChI is InChI=1S/C15H20NO6P/c1-2-3-9-13(14(17)18)16(11-23(20)21)15(19)22-10-12-7-5-4-6-8-12/h4-8,13H,2-3,9-11H2,1H3,(H-,17,18,20,21)/p+1. The van der Waals surface area contributed by atoms with Crippen LogP contribution in [0.4, 0.5) is 4.79 Å². The zero-order valence-corrected chi connectivity index (χ0v) is 13.8. The monoisotopic (exact) mass is 342 g/mol. The molecule has 0 bridgehead atoms. The lowest BCUT2D eigenvalue weighted by Gasteiger charge is -2.24. The van der Waals surface area contributed by atoms with E-state index in [4.69, 9.17) is 9.63 Å². The van der Waals surface area contributed by atoms with E-state index in [1.54, 1.807) is 24.3 Å². The molecule has 7 nitrogen and oxygen atoms in total. The van der Waals surface area contributed by atoms with Crippen molar-refractivity contribution in [2.24, 2.45) is 0 Å². The summed E-state index contributed by atoms with van der Waals surface area (Å²) < 4.78 is 16.2. The molecule has 0 aliphatic heterocycles. The Bertz CT molecular complexity index is 536. The van der Waals surface area contributed by atoms with Gasteiger partial charge in [-0.25, -0.2) is 14.5 Å². The number of benzene rings is 1. The zero-order valence-electron chi connectivity index (χ0n) is 12.9. The van der Waals surface area contributed by atoms with Gasteiger partial charge in [0.25, 0.3) is 6.29 Å². The molecule has 0 spiro atoms. The smallest absolute Gasteiger partial charge is 0.480 e. The highest BCUT2D eigenvalue weighted by Crippen LogP contribution is 2.21. The maximum Gasteiger partial charge on any atom is 0.527 e. The summed E-state index contributed by atoms with van der Waals surface area (Å²) in [4.78, 5) is 33.4. The first-order valence-electron chi connectivity index (χ1n) is 7.29. The minimum atomic E-state index is -2.70. The molecule has 0 aromatic heterocycles. The van der Waals surface area contributed by atoms with Crippen molar-refractivity contribution in [2.45, 2.75) is 38.8 Å². The van der Waals surface area contributed by atoms with Crippen LogP contribution in [-0.4, -0.2) is 39.3 Å². The van der Waals surface area contributed by atoms with Crippen LogP contribution in [0.25, 0.3) is 0 Å². The van der Waals surface area contributed by atoms with E-state index >= 15 is 0 Å². The van der Waals surface area contributed by atoms with E-state index in [-0.39, 0.29) is 13.0 Å². The third kappa shape index (κ3) is 6.76. The van der Waals surface area contributed by atoms with E-state index in [1.807, 2.05) is 13.0 Å². The van der Waals surface area contributed by atoms with Crippen LogP contribution in [0.15, 0.2) is 30.3 Å². The lowest BCUT2D eigenvalue weighted by molar-refractivity contribution is -0.142.